The number of hydrogen-bond donors (Lipinski definition) is 1. The van der Waals surface area contributed by atoms with Gasteiger partial charge in [0.1, 0.15) is 0 Å². The lowest BCUT2D eigenvalue weighted by molar-refractivity contribution is -0.121. The number of hydrazone groups is 1. The van der Waals surface area contributed by atoms with Crippen LogP contribution in [0.25, 0.3) is 0 Å². The predicted octanol–water partition coefficient (Wildman–Crippen LogP) is 3.36. The van der Waals surface area contributed by atoms with Crippen LogP contribution in [0.1, 0.15) is 30.0 Å². The lowest BCUT2D eigenvalue weighted by atomic mass is 10.0. The summed E-state index contributed by atoms with van der Waals surface area (Å²) in [5.74, 6) is -0.0336. The molecule has 0 radical (unpaired) electrons. The summed E-state index contributed by atoms with van der Waals surface area (Å²) in [6, 6.07) is 16.7. The Morgan fingerprint density at radius 1 is 1.00 bits per heavy atom. The maximum absolute atomic E-state index is 12.2. The van der Waals surface area contributed by atoms with Crippen LogP contribution < -0.4 is 10.3 Å². The molecule has 1 N–H and O–H groups in total. The molecule has 1 fully saturated rings. The fourth-order valence-corrected chi connectivity index (χ4v) is 3.36. The second-order valence-electron chi connectivity index (χ2n) is 7.45. The van der Waals surface area contributed by atoms with E-state index in [9.17, 15) is 4.79 Å². The van der Waals surface area contributed by atoms with E-state index in [1.54, 1.807) is 0 Å². The van der Waals surface area contributed by atoms with E-state index in [4.69, 9.17) is 0 Å². The maximum Gasteiger partial charge on any atom is 0.241 e. The molecular formula is C23H30N4O. The minimum Gasteiger partial charge on any atom is -0.369 e. The van der Waals surface area contributed by atoms with Crippen LogP contribution in [0.2, 0.25) is 0 Å². The molecule has 2 aromatic carbocycles. The van der Waals surface area contributed by atoms with Crippen molar-refractivity contribution in [1.29, 1.82) is 0 Å². The van der Waals surface area contributed by atoms with Gasteiger partial charge in [-0.2, -0.15) is 5.10 Å². The van der Waals surface area contributed by atoms with E-state index in [0.717, 1.165) is 44.0 Å². The van der Waals surface area contributed by atoms with Crippen molar-refractivity contribution in [2.24, 2.45) is 5.10 Å². The average molecular weight is 379 g/mol. The van der Waals surface area contributed by atoms with Crippen molar-refractivity contribution >= 4 is 17.3 Å². The summed E-state index contributed by atoms with van der Waals surface area (Å²) in [6.45, 7) is 10.8. The van der Waals surface area contributed by atoms with Gasteiger partial charge in [0.15, 0.2) is 0 Å². The third kappa shape index (κ3) is 5.42. The van der Waals surface area contributed by atoms with Crippen LogP contribution in [-0.2, 0) is 4.79 Å². The molecular weight excluding hydrogens is 348 g/mol. The van der Waals surface area contributed by atoms with Crippen LogP contribution in [-0.4, -0.2) is 49.2 Å². The van der Waals surface area contributed by atoms with Crippen molar-refractivity contribution in [3.63, 3.8) is 0 Å². The molecule has 0 unspecified atom stereocenters. The Labute approximate surface area is 168 Å². The summed E-state index contributed by atoms with van der Waals surface area (Å²) in [7, 11) is 0. The van der Waals surface area contributed by atoms with E-state index in [-0.39, 0.29) is 5.91 Å². The van der Waals surface area contributed by atoms with Gasteiger partial charge in [-0.25, -0.2) is 5.43 Å². The third-order valence-corrected chi connectivity index (χ3v) is 5.42. The van der Waals surface area contributed by atoms with Gasteiger partial charge in [-0.05, 0) is 55.7 Å². The first-order chi connectivity index (χ1) is 13.5. The van der Waals surface area contributed by atoms with Crippen LogP contribution in [0.3, 0.4) is 0 Å². The van der Waals surface area contributed by atoms with Crippen LogP contribution in [0.5, 0.6) is 0 Å². The number of aryl methyl sites for hydroxylation is 2. The number of rotatable bonds is 6. The number of carbonyl (C=O) groups excluding carboxylic acids is 1. The molecule has 0 atom stereocenters. The number of hydrogen-bond acceptors (Lipinski definition) is 4. The summed E-state index contributed by atoms with van der Waals surface area (Å²) in [4.78, 5) is 16.9. The third-order valence-electron chi connectivity index (χ3n) is 5.42. The van der Waals surface area contributed by atoms with Crippen LogP contribution in [0.15, 0.2) is 53.6 Å². The molecule has 5 nitrogen and oxygen atoms in total. The minimum absolute atomic E-state index is 0.0336. The van der Waals surface area contributed by atoms with E-state index in [1.807, 2.05) is 19.1 Å². The Balaban J connectivity index is 1.41. The molecule has 1 amide bonds. The smallest absolute Gasteiger partial charge is 0.241 e. The van der Waals surface area contributed by atoms with Crippen molar-refractivity contribution in [1.82, 2.24) is 10.3 Å². The standard InChI is InChI=1S/C23H30N4O/c1-18-9-10-21(17-19(18)2)20(3)24-25-23(28)11-12-26-13-15-27(16-14-26)22-7-5-4-6-8-22/h4-10,17H,11-16H2,1-3H3,(H,25,28)/b24-20+. The molecule has 1 aliphatic heterocycles. The lowest BCUT2D eigenvalue weighted by Gasteiger charge is -2.36. The van der Waals surface area contributed by atoms with Crippen LogP contribution in [0.4, 0.5) is 5.69 Å². The van der Waals surface area contributed by atoms with Gasteiger partial charge < -0.3 is 4.90 Å². The Kier molecular flexibility index (Phi) is 6.82. The van der Waals surface area contributed by atoms with Gasteiger partial charge in [0.2, 0.25) is 5.91 Å². The monoisotopic (exact) mass is 378 g/mol. The number of carbonyl (C=O) groups is 1. The van der Waals surface area contributed by atoms with E-state index in [1.165, 1.54) is 16.8 Å². The quantitative estimate of drug-likeness (QED) is 0.619. The fraction of sp³-hybridized carbons (Fsp3) is 0.391. The van der Waals surface area contributed by atoms with Gasteiger partial charge in [-0.3, -0.25) is 9.69 Å². The number of nitrogens with one attached hydrogen (secondary N) is 1. The lowest BCUT2D eigenvalue weighted by Crippen LogP contribution is -2.47. The van der Waals surface area contributed by atoms with Gasteiger partial charge in [0.25, 0.3) is 0 Å². The highest BCUT2D eigenvalue weighted by molar-refractivity contribution is 5.99. The van der Waals surface area contributed by atoms with E-state index in [2.05, 4.69) is 70.6 Å². The van der Waals surface area contributed by atoms with Gasteiger partial charge >= 0.3 is 0 Å². The molecule has 2 aromatic rings. The largest absolute Gasteiger partial charge is 0.369 e. The molecule has 148 valence electrons. The number of para-hydroxylation sites is 1. The molecule has 0 spiro atoms. The molecule has 1 aliphatic rings. The minimum atomic E-state index is -0.0336. The molecule has 0 aromatic heterocycles. The van der Waals surface area contributed by atoms with Crippen molar-refractivity contribution in [3.8, 4) is 0 Å². The molecule has 3 rings (SSSR count). The zero-order valence-electron chi connectivity index (χ0n) is 17.1. The number of piperazine rings is 1. The molecule has 0 aliphatic carbocycles. The Hall–Kier alpha value is -2.66. The van der Waals surface area contributed by atoms with E-state index in [0.29, 0.717) is 6.42 Å². The normalized spacial score (nSPS) is 15.5. The summed E-state index contributed by atoms with van der Waals surface area (Å²) < 4.78 is 0. The first kappa shape index (κ1) is 20.1. The second kappa shape index (κ2) is 9.51. The van der Waals surface area contributed by atoms with Crippen molar-refractivity contribution in [2.45, 2.75) is 27.2 Å². The summed E-state index contributed by atoms with van der Waals surface area (Å²) in [5.41, 5.74) is 8.33. The average Bonchev–Trinajstić information content (AvgIpc) is 2.73. The van der Waals surface area contributed by atoms with Crippen LogP contribution >= 0.6 is 0 Å². The second-order valence-corrected chi connectivity index (χ2v) is 7.45. The van der Waals surface area contributed by atoms with Gasteiger partial charge in [-0.1, -0.05) is 30.3 Å². The van der Waals surface area contributed by atoms with Crippen molar-refractivity contribution < 1.29 is 4.79 Å². The Morgan fingerprint density at radius 2 is 1.71 bits per heavy atom. The Morgan fingerprint density at radius 3 is 2.39 bits per heavy atom. The van der Waals surface area contributed by atoms with Gasteiger partial charge in [-0.15, -0.1) is 0 Å². The van der Waals surface area contributed by atoms with Crippen molar-refractivity contribution in [3.05, 3.63) is 65.2 Å². The van der Waals surface area contributed by atoms with Crippen molar-refractivity contribution in [2.75, 3.05) is 37.6 Å². The zero-order valence-corrected chi connectivity index (χ0v) is 17.1. The maximum atomic E-state index is 12.2. The topological polar surface area (TPSA) is 47.9 Å². The fourth-order valence-electron chi connectivity index (χ4n) is 3.36. The number of amides is 1. The number of benzene rings is 2. The number of nitrogens with zero attached hydrogens (tertiary/aromatic N) is 3. The summed E-state index contributed by atoms with van der Waals surface area (Å²) >= 11 is 0. The highest BCUT2D eigenvalue weighted by Crippen LogP contribution is 2.15. The zero-order chi connectivity index (χ0) is 19.9. The van der Waals surface area contributed by atoms with E-state index >= 15 is 0 Å². The first-order valence-corrected chi connectivity index (χ1v) is 9.96. The summed E-state index contributed by atoms with van der Waals surface area (Å²) in [6.07, 6.45) is 0.467. The Bertz CT molecular complexity index is 824. The van der Waals surface area contributed by atoms with E-state index < -0.39 is 0 Å². The molecule has 1 heterocycles. The van der Waals surface area contributed by atoms with Gasteiger partial charge in [0, 0.05) is 44.8 Å². The molecule has 0 saturated carbocycles. The highest BCUT2D eigenvalue weighted by Gasteiger charge is 2.17. The van der Waals surface area contributed by atoms with Gasteiger partial charge in [0.05, 0.1) is 5.71 Å². The molecule has 0 bridgehead atoms. The molecule has 5 heteroatoms. The number of anilines is 1. The summed E-state index contributed by atoms with van der Waals surface area (Å²) in [5, 5.41) is 4.27. The molecule has 1 saturated heterocycles. The first-order valence-electron chi connectivity index (χ1n) is 9.96. The van der Waals surface area contributed by atoms with Crippen LogP contribution in [0, 0.1) is 13.8 Å². The highest BCUT2D eigenvalue weighted by atomic mass is 16.2. The molecule has 28 heavy (non-hydrogen) atoms. The predicted molar refractivity (Wildman–Crippen MR) is 116 cm³/mol. The SMILES string of the molecule is C/C(=N\NC(=O)CCN1CCN(c2ccccc2)CC1)c1ccc(C)c(C)c1.